The van der Waals surface area contributed by atoms with Crippen LogP contribution in [0.2, 0.25) is 0 Å². The maximum atomic E-state index is 5.76. The Balaban J connectivity index is 1.27. The zero-order valence-corrected chi connectivity index (χ0v) is 17.4. The average molecular weight is 401 g/mol. The van der Waals surface area contributed by atoms with Crippen molar-refractivity contribution in [3.8, 4) is 0 Å². The number of likely N-dealkylation sites (tertiary alicyclic amines) is 1. The molecule has 3 aliphatic rings. The Bertz CT molecular complexity index is 789. The van der Waals surface area contributed by atoms with Crippen LogP contribution in [-0.4, -0.2) is 88.5 Å². The zero-order valence-electron chi connectivity index (χ0n) is 17.4. The van der Waals surface area contributed by atoms with E-state index in [1.807, 2.05) is 19.4 Å². The quantitative estimate of drug-likeness (QED) is 0.753. The fourth-order valence-corrected chi connectivity index (χ4v) is 5.82. The van der Waals surface area contributed by atoms with Crippen LogP contribution in [0.3, 0.4) is 0 Å². The largest absolute Gasteiger partial charge is 0.384 e. The van der Waals surface area contributed by atoms with Gasteiger partial charge >= 0.3 is 0 Å². The number of ether oxygens (including phenoxy) is 2. The highest BCUT2D eigenvalue weighted by molar-refractivity contribution is 5.24. The van der Waals surface area contributed by atoms with Gasteiger partial charge in [-0.1, -0.05) is 0 Å². The van der Waals surface area contributed by atoms with Crippen LogP contribution in [0, 0.1) is 11.3 Å². The van der Waals surface area contributed by atoms with Crippen molar-refractivity contribution < 1.29 is 9.47 Å². The number of morpholine rings is 1. The highest BCUT2D eigenvalue weighted by Crippen LogP contribution is 2.48. The molecule has 2 aromatic heterocycles. The van der Waals surface area contributed by atoms with E-state index in [0.717, 1.165) is 64.3 Å². The fraction of sp³-hybridized carbons (Fsp3) is 0.762. The smallest absolute Gasteiger partial charge is 0.252 e. The first-order valence-corrected chi connectivity index (χ1v) is 11.0. The molecule has 5 rings (SSSR count). The summed E-state index contributed by atoms with van der Waals surface area (Å²) < 4.78 is 13.1. The molecular formula is C21H32N6O2. The van der Waals surface area contributed by atoms with Crippen molar-refractivity contribution in [2.75, 3.05) is 53.1 Å². The van der Waals surface area contributed by atoms with Crippen molar-refractivity contribution in [2.24, 2.45) is 11.3 Å². The molecule has 8 nitrogen and oxygen atoms in total. The van der Waals surface area contributed by atoms with Gasteiger partial charge < -0.3 is 9.47 Å². The standard InChI is InChI=1S/C21H32N6O2/c1-28-16-21-5-3-18(26-9-11-29-12-10-26)13-17(21)4-8-25(15-21)14-19-23-20-22-6-2-7-27(20)24-19/h2,6-7,17-18H,3-5,8-16H2,1H3/t17-,18-,21+/m1/s1. The van der Waals surface area contributed by atoms with Gasteiger partial charge in [0.1, 0.15) is 0 Å². The van der Waals surface area contributed by atoms with Crippen molar-refractivity contribution in [1.82, 2.24) is 29.4 Å². The summed E-state index contributed by atoms with van der Waals surface area (Å²) in [4.78, 5) is 14.1. The van der Waals surface area contributed by atoms with E-state index >= 15 is 0 Å². The summed E-state index contributed by atoms with van der Waals surface area (Å²) in [6.07, 6.45) is 8.71. The molecule has 0 aromatic carbocycles. The first kappa shape index (κ1) is 19.4. The molecule has 29 heavy (non-hydrogen) atoms. The highest BCUT2D eigenvalue weighted by Gasteiger charge is 2.48. The molecule has 0 spiro atoms. The highest BCUT2D eigenvalue weighted by atomic mass is 16.5. The molecule has 8 heteroatoms. The summed E-state index contributed by atoms with van der Waals surface area (Å²) in [5, 5.41) is 4.60. The second-order valence-corrected chi connectivity index (χ2v) is 8.96. The number of nitrogens with zero attached hydrogens (tertiary/aromatic N) is 6. The van der Waals surface area contributed by atoms with Gasteiger partial charge in [-0.2, -0.15) is 4.98 Å². The topological polar surface area (TPSA) is 68.0 Å². The summed E-state index contributed by atoms with van der Waals surface area (Å²) >= 11 is 0. The molecular weight excluding hydrogens is 368 g/mol. The number of hydrogen-bond acceptors (Lipinski definition) is 7. The summed E-state index contributed by atoms with van der Waals surface area (Å²) in [6, 6.07) is 2.60. The van der Waals surface area contributed by atoms with E-state index in [1.54, 1.807) is 10.7 Å². The number of hydrogen-bond donors (Lipinski definition) is 0. The minimum absolute atomic E-state index is 0.257. The lowest BCUT2D eigenvalue weighted by Gasteiger charge is -2.54. The molecule has 3 atom stereocenters. The van der Waals surface area contributed by atoms with Gasteiger partial charge in [-0.15, -0.1) is 5.10 Å². The number of fused-ring (bicyclic) bond motifs is 2. The van der Waals surface area contributed by atoms with E-state index in [-0.39, 0.29) is 5.41 Å². The predicted molar refractivity (Wildman–Crippen MR) is 109 cm³/mol. The van der Waals surface area contributed by atoms with Crippen LogP contribution in [0.5, 0.6) is 0 Å². The van der Waals surface area contributed by atoms with Gasteiger partial charge in [0.25, 0.3) is 5.78 Å². The third kappa shape index (κ3) is 3.91. The lowest BCUT2D eigenvalue weighted by Crippen LogP contribution is -2.56. The summed E-state index contributed by atoms with van der Waals surface area (Å²) in [5.41, 5.74) is 0.257. The normalized spacial score (nSPS) is 31.8. The maximum absolute atomic E-state index is 5.76. The minimum atomic E-state index is 0.257. The molecule has 4 heterocycles. The van der Waals surface area contributed by atoms with E-state index < -0.39 is 0 Å². The molecule has 0 bridgehead atoms. The Morgan fingerprint density at radius 1 is 1.24 bits per heavy atom. The lowest BCUT2D eigenvalue weighted by atomic mass is 9.62. The van der Waals surface area contributed by atoms with Crippen LogP contribution in [-0.2, 0) is 16.0 Å². The van der Waals surface area contributed by atoms with Crippen molar-refractivity contribution in [1.29, 1.82) is 0 Å². The molecule has 1 saturated carbocycles. The average Bonchev–Trinajstić information content (AvgIpc) is 3.16. The summed E-state index contributed by atoms with van der Waals surface area (Å²) in [6.45, 7) is 7.78. The van der Waals surface area contributed by atoms with Crippen molar-refractivity contribution >= 4 is 5.78 Å². The fourth-order valence-electron chi connectivity index (χ4n) is 5.82. The van der Waals surface area contributed by atoms with Gasteiger partial charge in [-0.3, -0.25) is 9.80 Å². The van der Waals surface area contributed by atoms with Crippen LogP contribution in [0.1, 0.15) is 31.5 Å². The molecule has 0 radical (unpaired) electrons. The van der Waals surface area contributed by atoms with E-state index in [0.29, 0.717) is 11.8 Å². The van der Waals surface area contributed by atoms with Crippen LogP contribution < -0.4 is 0 Å². The predicted octanol–water partition coefficient (Wildman–Crippen LogP) is 1.46. The minimum Gasteiger partial charge on any atom is -0.384 e. The van der Waals surface area contributed by atoms with Crippen molar-refractivity contribution in [3.63, 3.8) is 0 Å². The molecule has 1 aliphatic carbocycles. The van der Waals surface area contributed by atoms with Crippen molar-refractivity contribution in [2.45, 2.75) is 38.3 Å². The lowest BCUT2D eigenvalue weighted by molar-refractivity contribution is -0.0874. The maximum Gasteiger partial charge on any atom is 0.252 e. The van der Waals surface area contributed by atoms with E-state index in [2.05, 4.69) is 24.9 Å². The molecule has 3 fully saturated rings. The Morgan fingerprint density at radius 2 is 2.14 bits per heavy atom. The Kier molecular flexibility index (Phi) is 5.51. The van der Waals surface area contributed by atoms with Gasteiger partial charge in [0.2, 0.25) is 0 Å². The monoisotopic (exact) mass is 400 g/mol. The Hall–Kier alpha value is -1.61. The molecule has 0 amide bonds. The molecule has 2 aliphatic heterocycles. The number of aromatic nitrogens is 4. The molecule has 0 N–H and O–H groups in total. The van der Waals surface area contributed by atoms with Gasteiger partial charge in [0.05, 0.1) is 26.4 Å². The van der Waals surface area contributed by atoms with Crippen LogP contribution in [0.25, 0.3) is 5.78 Å². The third-order valence-corrected chi connectivity index (χ3v) is 7.25. The van der Waals surface area contributed by atoms with Gasteiger partial charge in [0.15, 0.2) is 5.82 Å². The first-order valence-electron chi connectivity index (χ1n) is 11.0. The SMILES string of the molecule is COC[C@@]12CC[C@@H](N3CCOCC3)C[C@H]1CCN(Cc1nc3ncccn3n1)C2. The second kappa shape index (κ2) is 8.26. The van der Waals surface area contributed by atoms with E-state index in [1.165, 1.54) is 25.7 Å². The Morgan fingerprint density at radius 3 is 2.97 bits per heavy atom. The Labute approximate surface area is 172 Å². The molecule has 158 valence electrons. The summed E-state index contributed by atoms with van der Waals surface area (Å²) in [7, 11) is 1.86. The first-order chi connectivity index (χ1) is 14.3. The second-order valence-electron chi connectivity index (χ2n) is 8.96. The molecule has 0 unspecified atom stereocenters. The van der Waals surface area contributed by atoms with Crippen LogP contribution >= 0.6 is 0 Å². The zero-order chi connectivity index (χ0) is 19.7. The number of piperidine rings is 1. The molecule has 2 saturated heterocycles. The number of methoxy groups -OCH3 is 1. The third-order valence-electron chi connectivity index (χ3n) is 7.25. The van der Waals surface area contributed by atoms with Crippen LogP contribution in [0.15, 0.2) is 18.5 Å². The van der Waals surface area contributed by atoms with Gasteiger partial charge in [0, 0.05) is 50.6 Å². The van der Waals surface area contributed by atoms with Crippen molar-refractivity contribution in [3.05, 3.63) is 24.3 Å². The van der Waals surface area contributed by atoms with Gasteiger partial charge in [-0.05, 0) is 44.2 Å². The van der Waals surface area contributed by atoms with Crippen LogP contribution in [0.4, 0.5) is 0 Å². The molecule has 2 aromatic rings. The van der Waals surface area contributed by atoms with Gasteiger partial charge in [-0.25, -0.2) is 9.50 Å². The summed E-state index contributed by atoms with van der Waals surface area (Å²) in [5.74, 6) is 2.27. The van der Waals surface area contributed by atoms with E-state index in [4.69, 9.17) is 9.47 Å². The van der Waals surface area contributed by atoms with E-state index in [9.17, 15) is 0 Å². The number of rotatable bonds is 5.